The molecule has 0 bridgehead atoms. The van der Waals surface area contributed by atoms with Crippen molar-refractivity contribution < 1.29 is 13.9 Å². The van der Waals surface area contributed by atoms with E-state index < -0.39 is 0 Å². The van der Waals surface area contributed by atoms with Gasteiger partial charge in [-0.3, -0.25) is 4.79 Å². The Morgan fingerprint density at radius 3 is 2.57 bits per heavy atom. The molecule has 30 heavy (non-hydrogen) atoms. The molecule has 2 aliphatic rings. The first-order chi connectivity index (χ1) is 14.5. The number of morpholine rings is 1. The molecule has 1 aliphatic heterocycles. The lowest BCUT2D eigenvalue weighted by Crippen LogP contribution is -2.36. The molecule has 0 unspecified atom stereocenters. The van der Waals surface area contributed by atoms with Gasteiger partial charge >= 0.3 is 0 Å². The van der Waals surface area contributed by atoms with Gasteiger partial charge in [-0.05, 0) is 51.0 Å². The van der Waals surface area contributed by atoms with Gasteiger partial charge in [0, 0.05) is 30.0 Å². The minimum atomic E-state index is -0.232. The summed E-state index contributed by atoms with van der Waals surface area (Å²) in [5, 5.41) is 7.06. The van der Waals surface area contributed by atoms with Crippen LogP contribution in [0.3, 0.4) is 0 Å². The van der Waals surface area contributed by atoms with Gasteiger partial charge < -0.3 is 24.7 Å². The molecule has 1 saturated heterocycles. The smallest absolute Gasteiger partial charge is 0.260 e. The molecule has 8 nitrogen and oxygen atoms in total. The van der Waals surface area contributed by atoms with Crippen molar-refractivity contribution in [3.8, 4) is 0 Å². The number of carbonyl (C=O) groups is 1. The van der Waals surface area contributed by atoms with E-state index in [4.69, 9.17) is 9.15 Å². The van der Waals surface area contributed by atoms with Crippen LogP contribution in [0.2, 0.25) is 0 Å². The molecule has 8 heteroatoms. The molecular weight excluding hydrogens is 382 g/mol. The first kappa shape index (κ1) is 18.9. The number of nitrogens with zero attached hydrogens (tertiary/aromatic N) is 3. The zero-order valence-electron chi connectivity index (χ0n) is 17.2. The lowest BCUT2D eigenvalue weighted by atomic mass is 10.1. The Kier molecular flexibility index (Phi) is 4.58. The molecule has 0 radical (unpaired) electrons. The Bertz CT molecular complexity index is 1080. The lowest BCUT2D eigenvalue weighted by Gasteiger charge is -2.28. The van der Waals surface area contributed by atoms with Crippen LogP contribution < -0.4 is 15.5 Å². The number of aryl methyl sites for hydroxylation is 1. The van der Waals surface area contributed by atoms with Gasteiger partial charge in [-0.25, -0.2) is 9.97 Å². The molecule has 2 aromatic heterocycles. The topological polar surface area (TPSA) is 92.5 Å². The Morgan fingerprint density at radius 2 is 1.87 bits per heavy atom. The highest BCUT2D eigenvalue weighted by atomic mass is 16.5. The Morgan fingerprint density at radius 1 is 1.13 bits per heavy atom. The standard InChI is InChI=1S/C22H25N5O3/c1-14-17(18-19(26-22(2)7-8-22)23-13-24-21(18)30-14)20(28)25-15-3-5-16(6-4-15)27-9-11-29-12-10-27/h3-6,13H,7-12H2,1-2H3,(H,25,28)(H,23,24,26). The summed E-state index contributed by atoms with van der Waals surface area (Å²) in [6, 6.07) is 7.87. The maximum absolute atomic E-state index is 13.1. The first-order valence-electron chi connectivity index (χ1n) is 10.3. The molecule has 156 valence electrons. The summed E-state index contributed by atoms with van der Waals surface area (Å²) >= 11 is 0. The zero-order valence-corrected chi connectivity index (χ0v) is 17.2. The van der Waals surface area contributed by atoms with E-state index in [1.165, 1.54) is 6.33 Å². The van der Waals surface area contributed by atoms with Crippen molar-refractivity contribution in [3.63, 3.8) is 0 Å². The summed E-state index contributed by atoms with van der Waals surface area (Å²) in [6.45, 7) is 7.15. The van der Waals surface area contributed by atoms with Gasteiger partial charge in [0.25, 0.3) is 5.91 Å². The molecule has 0 atom stereocenters. The molecule has 1 amide bonds. The number of furan rings is 1. The number of amides is 1. The zero-order chi connectivity index (χ0) is 20.7. The second-order valence-electron chi connectivity index (χ2n) is 8.22. The van der Waals surface area contributed by atoms with Gasteiger partial charge in [-0.1, -0.05) is 0 Å². The normalized spacial score (nSPS) is 17.7. The Hall–Kier alpha value is -3.13. The van der Waals surface area contributed by atoms with E-state index in [9.17, 15) is 4.79 Å². The van der Waals surface area contributed by atoms with Crippen LogP contribution in [0.5, 0.6) is 0 Å². The highest BCUT2D eigenvalue weighted by Gasteiger charge is 2.38. The van der Waals surface area contributed by atoms with E-state index in [1.807, 2.05) is 24.3 Å². The molecule has 3 aromatic rings. The van der Waals surface area contributed by atoms with E-state index >= 15 is 0 Å². The molecule has 3 heterocycles. The van der Waals surface area contributed by atoms with Crippen molar-refractivity contribution in [2.24, 2.45) is 0 Å². The predicted molar refractivity (Wildman–Crippen MR) is 115 cm³/mol. The van der Waals surface area contributed by atoms with Crippen molar-refractivity contribution in [3.05, 3.63) is 41.9 Å². The summed E-state index contributed by atoms with van der Waals surface area (Å²) in [6.07, 6.45) is 3.62. The molecule has 0 spiro atoms. The van der Waals surface area contributed by atoms with Crippen LogP contribution >= 0.6 is 0 Å². The molecule has 1 aromatic carbocycles. The number of benzene rings is 1. The van der Waals surface area contributed by atoms with E-state index in [2.05, 4.69) is 32.4 Å². The van der Waals surface area contributed by atoms with Crippen LogP contribution in [0.25, 0.3) is 11.1 Å². The molecule has 2 fully saturated rings. The monoisotopic (exact) mass is 407 g/mol. The van der Waals surface area contributed by atoms with Gasteiger partial charge in [0.15, 0.2) is 0 Å². The molecule has 2 N–H and O–H groups in total. The third kappa shape index (κ3) is 3.59. The van der Waals surface area contributed by atoms with Crippen LogP contribution in [0.15, 0.2) is 35.0 Å². The van der Waals surface area contributed by atoms with Crippen molar-refractivity contribution in [1.29, 1.82) is 0 Å². The van der Waals surface area contributed by atoms with Crippen LogP contribution in [0.1, 0.15) is 35.9 Å². The Balaban J connectivity index is 1.40. The second kappa shape index (κ2) is 7.28. The van der Waals surface area contributed by atoms with Gasteiger partial charge in [-0.2, -0.15) is 0 Å². The summed E-state index contributed by atoms with van der Waals surface area (Å²) in [5.74, 6) is 0.936. The second-order valence-corrected chi connectivity index (χ2v) is 8.22. The number of ether oxygens (including phenoxy) is 1. The molecular formula is C22H25N5O3. The number of aromatic nitrogens is 2. The number of hydrogen-bond donors (Lipinski definition) is 2. The maximum Gasteiger partial charge on any atom is 0.260 e. The average Bonchev–Trinajstić information content (AvgIpc) is 3.37. The van der Waals surface area contributed by atoms with E-state index in [1.54, 1.807) is 6.92 Å². The van der Waals surface area contributed by atoms with Crippen LogP contribution in [0.4, 0.5) is 17.2 Å². The number of nitrogens with one attached hydrogen (secondary N) is 2. The summed E-state index contributed by atoms with van der Waals surface area (Å²) in [7, 11) is 0. The SMILES string of the molecule is Cc1oc2ncnc(NC3(C)CC3)c2c1C(=O)Nc1ccc(N2CCOCC2)cc1. The van der Waals surface area contributed by atoms with Gasteiger partial charge in [-0.15, -0.1) is 0 Å². The highest BCUT2D eigenvalue weighted by molar-refractivity contribution is 6.15. The third-order valence-electron chi connectivity index (χ3n) is 5.81. The lowest BCUT2D eigenvalue weighted by molar-refractivity contribution is 0.102. The largest absolute Gasteiger partial charge is 0.442 e. The number of rotatable bonds is 5. The fraction of sp³-hybridized carbons (Fsp3) is 0.409. The number of hydrogen-bond acceptors (Lipinski definition) is 7. The van der Waals surface area contributed by atoms with Crippen LogP contribution in [0, 0.1) is 6.92 Å². The quantitative estimate of drug-likeness (QED) is 0.668. The highest BCUT2D eigenvalue weighted by Crippen LogP contribution is 2.40. The van der Waals surface area contributed by atoms with Crippen LogP contribution in [-0.2, 0) is 4.74 Å². The van der Waals surface area contributed by atoms with Gasteiger partial charge in [0.2, 0.25) is 5.71 Å². The fourth-order valence-electron chi connectivity index (χ4n) is 3.78. The Labute approximate surface area is 174 Å². The van der Waals surface area contributed by atoms with E-state index in [0.717, 1.165) is 50.5 Å². The van der Waals surface area contributed by atoms with Crippen molar-refractivity contribution in [1.82, 2.24) is 9.97 Å². The molecule has 1 saturated carbocycles. The molecule has 5 rings (SSSR count). The van der Waals surface area contributed by atoms with Crippen LogP contribution in [-0.4, -0.2) is 47.7 Å². The number of carbonyl (C=O) groups excluding carboxylic acids is 1. The molecule has 1 aliphatic carbocycles. The first-order valence-corrected chi connectivity index (χ1v) is 10.3. The van der Waals surface area contributed by atoms with E-state index in [-0.39, 0.29) is 11.4 Å². The average molecular weight is 407 g/mol. The van der Waals surface area contributed by atoms with E-state index in [0.29, 0.717) is 28.2 Å². The van der Waals surface area contributed by atoms with Crippen molar-refractivity contribution in [2.45, 2.75) is 32.2 Å². The fourth-order valence-corrected chi connectivity index (χ4v) is 3.78. The third-order valence-corrected chi connectivity index (χ3v) is 5.81. The summed E-state index contributed by atoms with van der Waals surface area (Å²) < 4.78 is 11.2. The summed E-state index contributed by atoms with van der Waals surface area (Å²) in [4.78, 5) is 24.0. The minimum Gasteiger partial charge on any atom is -0.442 e. The predicted octanol–water partition coefficient (Wildman–Crippen LogP) is 3.58. The van der Waals surface area contributed by atoms with Gasteiger partial charge in [0.05, 0.1) is 24.2 Å². The summed E-state index contributed by atoms with van der Waals surface area (Å²) in [5.41, 5.74) is 2.76. The minimum absolute atomic E-state index is 0.0233. The number of fused-ring (bicyclic) bond motifs is 1. The number of anilines is 3. The maximum atomic E-state index is 13.1. The van der Waals surface area contributed by atoms with Crippen molar-refractivity contribution >= 4 is 34.2 Å². The van der Waals surface area contributed by atoms with Crippen molar-refractivity contribution in [2.75, 3.05) is 41.8 Å². The van der Waals surface area contributed by atoms with Gasteiger partial charge in [0.1, 0.15) is 17.9 Å².